The number of hydrogen-bond donors (Lipinski definition) is 3. The Morgan fingerprint density at radius 1 is 1.03 bits per heavy atom. The summed E-state index contributed by atoms with van der Waals surface area (Å²) in [4.78, 5) is 19.3. The number of nitrogens with one attached hydrogen (secondary N) is 1. The van der Waals surface area contributed by atoms with Gasteiger partial charge in [-0.3, -0.25) is 9.59 Å². The lowest BCUT2D eigenvalue weighted by Crippen LogP contribution is -2.43. The number of para-hydroxylation sites is 2. The molecule has 3 rings (SSSR count). The molecule has 0 spiro atoms. The van der Waals surface area contributed by atoms with Crippen LogP contribution in [0.3, 0.4) is 0 Å². The van der Waals surface area contributed by atoms with E-state index in [2.05, 4.69) is 17.4 Å². The molecule has 2 atom stereocenters. The van der Waals surface area contributed by atoms with Crippen molar-refractivity contribution in [2.45, 2.75) is 32.0 Å². The van der Waals surface area contributed by atoms with E-state index in [0.29, 0.717) is 13.2 Å². The molecular formula is C23H29NO7. The number of hydrogen-bond acceptors (Lipinski definition) is 6. The van der Waals surface area contributed by atoms with E-state index in [1.54, 1.807) is 0 Å². The van der Waals surface area contributed by atoms with E-state index in [9.17, 15) is 9.59 Å². The summed E-state index contributed by atoms with van der Waals surface area (Å²) in [5.74, 6) is -0.642. The van der Waals surface area contributed by atoms with Crippen molar-refractivity contribution >= 4 is 11.9 Å². The lowest BCUT2D eigenvalue weighted by molar-refractivity contribution is -0.143. The predicted molar refractivity (Wildman–Crippen MR) is 115 cm³/mol. The molecule has 3 N–H and O–H groups in total. The van der Waals surface area contributed by atoms with Crippen molar-refractivity contribution in [3.8, 4) is 11.5 Å². The van der Waals surface area contributed by atoms with Gasteiger partial charge in [0.05, 0.1) is 26.1 Å². The van der Waals surface area contributed by atoms with E-state index in [0.717, 1.165) is 30.2 Å². The maximum absolute atomic E-state index is 9.64. The van der Waals surface area contributed by atoms with Crippen LogP contribution >= 0.6 is 0 Å². The van der Waals surface area contributed by atoms with Crippen LogP contribution in [0.5, 0.6) is 11.5 Å². The molecule has 1 saturated heterocycles. The number of rotatable bonds is 9. The first-order valence-electron chi connectivity index (χ1n) is 10.2. The molecule has 0 bridgehead atoms. The number of aliphatic carboxylic acids is 2. The highest BCUT2D eigenvalue weighted by atomic mass is 16.6. The van der Waals surface area contributed by atoms with E-state index in [4.69, 9.17) is 24.4 Å². The Balaban J connectivity index is 0.000000366. The number of ether oxygens (including phenoxy) is 3. The minimum atomic E-state index is -1.08. The van der Waals surface area contributed by atoms with Crippen molar-refractivity contribution in [2.24, 2.45) is 0 Å². The van der Waals surface area contributed by atoms with Crippen LogP contribution in [-0.4, -0.2) is 54.6 Å². The number of carboxylic acids is 2. The summed E-state index contributed by atoms with van der Waals surface area (Å²) in [6.45, 7) is 4.94. The van der Waals surface area contributed by atoms with Crippen LogP contribution in [0, 0.1) is 0 Å². The smallest absolute Gasteiger partial charge is 0.303 e. The summed E-state index contributed by atoms with van der Waals surface area (Å²) in [6.07, 6.45) is -0.795. The van der Waals surface area contributed by atoms with Crippen LogP contribution in [0.4, 0.5) is 0 Å². The van der Waals surface area contributed by atoms with Crippen LogP contribution in [0.1, 0.15) is 31.4 Å². The van der Waals surface area contributed by atoms with Crippen molar-refractivity contribution in [3.05, 3.63) is 60.2 Å². The van der Waals surface area contributed by atoms with Crippen molar-refractivity contribution in [1.82, 2.24) is 5.32 Å². The molecule has 0 saturated carbocycles. The van der Waals surface area contributed by atoms with E-state index in [-0.39, 0.29) is 25.0 Å². The quantitative estimate of drug-likeness (QED) is 0.555. The number of carboxylic acid groups (broad SMARTS) is 2. The topological polar surface area (TPSA) is 114 Å². The second kappa shape index (κ2) is 13.3. The van der Waals surface area contributed by atoms with Gasteiger partial charge in [-0.15, -0.1) is 0 Å². The zero-order chi connectivity index (χ0) is 22.5. The van der Waals surface area contributed by atoms with Crippen molar-refractivity contribution in [2.75, 3.05) is 26.3 Å². The minimum absolute atomic E-state index is 0.0270. The fourth-order valence-corrected chi connectivity index (χ4v) is 2.95. The third-order valence-corrected chi connectivity index (χ3v) is 4.38. The summed E-state index contributed by atoms with van der Waals surface area (Å²) in [6, 6.07) is 18.0. The lowest BCUT2D eigenvalue weighted by atomic mass is 10.0. The molecule has 2 aromatic rings. The van der Waals surface area contributed by atoms with Gasteiger partial charge in [0.25, 0.3) is 0 Å². The van der Waals surface area contributed by atoms with Crippen LogP contribution in [0.15, 0.2) is 54.6 Å². The van der Waals surface area contributed by atoms with Crippen molar-refractivity contribution in [1.29, 1.82) is 0 Å². The van der Waals surface area contributed by atoms with Crippen molar-refractivity contribution in [3.63, 3.8) is 0 Å². The summed E-state index contributed by atoms with van der Waals surface area (Å²) in [5.41, 5.74) is 1.10. The molecule has 0 amide bonds. The van der Waals surface area contributed by atoms with Gasteiger partial charge in [-0.2, -0.15) is 0 Å². The lowest BCUT2D eigenvalue weighted by Gasteiger charge is -2.32. The molecule has 0 aliphatic carbocycles. The molecule has 2 aromatic carbocycles. The fourth-order valence-electron chi connectivity index (χ4n) is 2.95. The van der Waals surface area contributed by atoms with E-state index in [1.165, 1.54) is 0 Å². The molecule has 0 aromatic heterocycles. The highest BCUT2D eigenvalue weighted by Crippen LogP contribution is 2.33. The second-order valence-electron chi connectivity index (χ2n) is 6.73. The maximum Gasteiger partial charge on any atom is 0.303 e. The van der Waals surface area contributed by atoms with Gasteiger partial charge in [-0.1, -0.05) is 42.5 Å². The molecule has 1 aliphatic heterocycles. The van der Waals surface area contributed by atoms with Gasteiger partial charge in [-0.05, 0) is 24.6 Å². The molecular weight excluding hydrogens is 402 g/mol. The summed E-state index contributed by atoms with van der Waals surface area (Å²) >= 11 is 0. The maximum atomic E-state index is 9.64. The van der Waals surface area contributed by atoms with Crippen LogP contribution in [0.25, 0.3) is 0 Å². The number of morpholine rings is 1. The molecule has 8 nitrogen and oxygen atoms in total. The van der Waals surface area contributed by atoms with Gasteiger partial charge in [0, 0.05) is 13.1 Å². The van der Waals surface area contributed by atoms with Gasteiger partial charge in [0.1, 0.15) is 6.10 Å². The first kappa shape index (κ1) is 24.2. The van der Waals surface area contributed by atoms with Gasteiger partial charge >= 0.3 is 11.9 Å². The molecule has 1 aliphatic rings. The van der Waals surface area contributed by atoms with E-state index < -0.39 is 11.9 Å². The molecule has 0 radical (unpaired) electrons. The predicted octanol–water partition coefficient (Wildman–Crippen LogP) is 3.13. The van der Waals surface area contributed by atoms with Gasteiger partial charge in [0.15, 0.2) is 17.6 Å². The molecule has 8 heteroatoms. The molecule has 31 heavy (non-hydrogen) atoms. The third kappa shape index (κ3) is 8.65. The standard InChI is InChI=1S/C19H23NO3.C4H6O4/c1-2-21-16-10-6-7-11-17(16)23-19(15-8-4-3-5-9-15)18-14-20-12-13-22-18;5-3(6)1-2-4(7)8/h3-11,18-20H,2,12-14H2,1H3;1-2H2,(H,5,6)(H,7,8)/t18-,19-;/m1./s1. The monoisotopic (exact) mass is 431 g/mol. The largest absolute Gasteiger partial charge is 0.490 e. The first-order chi connectivity index (χ1) is 15.0. The Hall–Kier alpha value is -3.10. The Kier molecular flexibility index (Phi) is 10.3. The Morgan fingerprint density at radius 3 is 2.19 bits per heavy atom. The van der Waals surface area contributed by atoms with Crippen LogP contribution in [-0.2, 0) is 14.3 Å². The van der Waals surface area contributed by atoms with Crippen molar-refractivity contribution < 1.29 is 34.0 Å². The first-order valence-corrected chi connectivity index (χ1v) is 10.2. The van der Waals surface area contributed by atoms with Gasteiger partial charge in [-0.25, -0.2) is 0 Å². The highest BCUT2D eigenvalue weighted by Gasteiger charge is 2.28. The molecule has 0 unspecified atom stereocenters. The Bertz CT molecular complexity index is 793. The van der Waals surface area contributed by atoms with Gasteiger partial charge in [0.2, 0.25) is 0 Å². The Labute approximate surface area is 181 Å². The summed E-state index contributed by atoms with van der Waals surface area (Å²) in [5, 5.41) is 19.2. The molecule has 1 fully saturated rings. The number of benzene rings is 2. The normalized spacial score (nSPS) is 16.4. The van der Waals surface area contributed by atoms with E-state index >= 15 is 0 Å². The van der Waals surface area contributed by atoms with Gasteiger partial charge < -0.3 is 29.7 Å². The molecule has 1 heterocycles. The summed E-state index contributed by atoms with van der Waals surface area (Å²) in [7, 11) is 0. The zero-order valence-electron chi connectivity index (χ0n) is 17.5. The minimum Gasteiger partial charge on any atom is -0.490 e. The average Bonchev–Trinajstić information content (AvgIpc) is 2.79. The average molecular weight is 431 g/mol. The highest BCUT2D eigenvalue weighted by molar-refractivity contribution is 5.75. The summed E-state index contributed by atoms with van der Waals surface area (Å²) < 4.78 is 18.0. The Morgan fingerprint density at radius 2 is 1.65 bits per heavy atom. The van der Waals surface area contributed by atoms with Crippen LogP contribution < -0.4 is 14.8 Å². The third-order valence-electron chi connectivity index (χ3n) is 4.38. The SMILES string of the molecule is CCOc1ccccc1O[C@H](c1ccccc1)[C@H]1CNCCO1.O=C(O)CCC(=O)O. The van der Waals surface area contributed by atoms with E-state index in [1.807, 2.05) is 49.4 Å². The zero-order valence-corrected chi connectivity index (χ0v) is 17.5. The molecule has 168 valence electrons. The second-order valence-corrected chi connectivity index (χ2v) is 6.73. The number of carbonyl (C=O) groups is 2. The van der Waals surface area contributed by atoms with Crippen LogP contribution in [0.2, 0.25) is 0 Å². The fraction of sp³-hybridized carbons (Fsp3) is 0.391.